The molecule has 1 fully saturated rings. The van der Waals surface area contributed by atoms with Crippen LogP contribution in [0.4, 0.5) is 0 Å². The van der Waals surface area contributed by atoms with Crippen LogP contribution < -0.4 is 10.2 Å². The molecule has 0 saturated carbocycles. The Morgan fingerprint density at radius 1 is 1.14 bits per heavy atom. The summed E-state index contributed by atoms with van der Waals surface area (Å²) >= 11 is 0. The molecule has 7 heteroatoms. The van der Waals surface area contributed by atoms with Crippen LogP contribution in [-0.4, -0.2) is 42.1 Å². The lowest BCUT2D eigenvalue weighted by atomic mass is 10.1. The minimum absolute atomic E-state index is 0.0269. The maximum absolute atomic E-state index is 12.2. The van der Waals surface area contributed by atoms with Gasteiger partial charge >= 0.3 is 0 Å². The zero-order valence-electron chi connectivity index (χ0n) is 17.2. The monoisotopic (exact) mass is 397 g/mol. The summed E-state index contributed by atoms with van der Waals surface area (Å²) in [4.78, 5) is 26.2. The fourth-order valence-corrected chi connectivity index (χ4v) is 3.29. The second-order valence-electron chi connectivity index (χ2n) is 7.22. The molecule has 7 nitrogen and oxygen atoms in total. The molecule has 0 unspecified atom stereocenters. The van der Waals surface area contributed by atoms with Gasteiger partial charge in [0.15, 0.2) is 6.61 Å². The van der Waals surface area contributed by atoms with E-state index in [4.69, 9.17) is 9.15 Å². The molecule has 1 N–H and O–H groups in total. The highest BCUT2D eigenvalue weighted by Crippen LogP contribution is 2.15. The summed E-state index contributed by atoms with van der Waals surface area (Å²) in [7, 11) is 0. The molecule has 1 aliphatic heterocycles. The molecular formula is C22H27N3O4. The summed E-state index contributed by atoms with van der Waals surface area (Å²) in [5, 5.41) is 4.16. The molecular weight excluding hydrogens is 370 g/mol. The van der Waals surface area contributed by atoms with Gasteiger partial charge in [-0.05, 0) is 75.9 Å². The van der Waals surface area contributed by atoms with Crippen LogP contribution in [0.25, 0.3) is 0 Å². The quantitative estimate of drug-likeness (QED) is 0.598. The number of hydrogen-bond acceptors (Lipinski definition) is 5. The number of nitrogens with one attached hydrogen (secondary N) is 1. The molecule has 0 aliphatic carbocycles. The lowest BCUT2D eigenvalue weighted by Gasteiger charge is -2.26. The Labute approximate surface area is 170 Å². The van der Waals surface area contributed by atoms with E-state index >= 15 is 0 Å². The number of piperidine rings is 1. The third-order valence-corrected chi connectivity index (χ3v) is 4.95. The standard InChI is InChI=1S/C22H27N3O4/c1-15-13-20(17(3)29-15)22(27)24-23-16(2)18-7-9-19(10-8-18)28-14-21(26)25-11-5-4-6-12-25/h7-10,13H,4-6,11-12,14H2,1-3H3,(H,24,27)/b23-16-. The second kappa shape index (κ2) is 9.41. The Morgan fingerprint density at radius 2 is 1.83 bits per heavy atom. The van der Waals surface area contributed by atoms with Crippen molar-refractivity contribution in [2.24, 2.45) is 5.10 Å². The number of ether oxygens (including phenoxy) is 1. The average Bonchev–Trinajstić information content (AvgIpc) is 3.09. The summed E-state index contributed by atoms with van der Waals surface area (Å²) in [6.45, 7) is 7.03. The molecule has 2 heterocycles. The Kier molecular flexibility index (Phi) is 6.69. The number of furan rings is 1. The number of nitrogens with zero attached hydrogens (tertiary/aromatic N) is 2. The van der Waals surface area contributed by atoms with Crippen molar-refractivity contribution in [1.82, 2.24) is 10.3 Å². The minimum Gasteiger partial charge on any atom is -0.484 e. The Bertz CT molecular complexity index is 893. The molecule has 1 aliphatic rings. The van der Waals surface area contributed by atoms with Gasteiger partial charge in [0.25, 0.3) is 11.8 Å². The van der Waals surface area contributed by atoms with Gasteiger partial charge in [-0.3, -0.25) is 9.59 Å². The van der Waals surface area contributed by atoms with Crippen molar-refractivity contribution in [2.75, 3.05) is 19.7 Å². The van der Waals surface area contributed by atoms with Gasteiger partial charge < -0.3 is 14.1 Å². The number of likely N-dealkylation sites (tertiary alicyclic amines) is 1. The number of hydrazone groups is 1. The molecule has 2 amide bonds. The van der Waals surface area contributed by atoms with E-state index in [1.54, 1.807) is 32.0 Å². The molecule has 29 heavy (non-hydrogen) atoms. The van der Waals surface area contributed by atoms with Crippen molar-refractivity contribution in [3.63, 3.8) is 0 Å². The van der Waals surface area contributed by atoms with Crippen LogP contribution in [-0.2, 0) is 4.79 Å². The maximum atomic E-state index is 12.2. The molecule has 1 saturated heterocycles. The number of carbonyl (C=O) groups excluding carboxylic acids is 2. The van der Waals surface area contributed by atoms with Crippen LogP contribution in [0.3, 0.4) is 0 Å². The minimum atomic E-state index is -0.310. The third kappa shape index (κ3) is 5.47. The van der Waals surface area contributed by atoms with Crippen LogP contribution in [0.2, 0.25) is 0 Å². The van der Waals surface area contributed by atoms with Crippen molar-refractivity contribution in [1.29, 1.82) is 0 Å². The van der Waals surface area contributed by atoms with Crippen molar-refractivity contribution in [2.45, 2.75) is 40.0 Å². The largest absolute Gasteiger partial charge is 0.484 e. The maximum Gasteiger partial charge on any atom is 0.274 e. The normalized spacial score (nSPS) is 14.6. The van der Waals surface area contributed by atoms with Gasteiger partial charge in [0.05, 0.1) is 11.3 Å². The molecule has 0 spiro atoms. The van der Waals surface area contributed by atoms with E-state index in [0.29, 0.717) is 28.5 Å². The van der Waals surface area contributed by atoms with Crippen LogP contribution in [0.1, 0.15) is 53.6 Å². The van der Waals surface area contributed by atoms with Crippen LogP contribution in [0, 0.1) is 13.8 Å². The predicted octanol–water partition coefficient (Wildman–Crippen LogP) is 3.44. The van der Waals surface area contributed by atoms with E-state index in [2.05, 4.69) is 10.5 Å². The van der Waals surface area contributed by atoms with Crippen LogP contribution in [0.15, 0.2) is 39.9 Å². The molecule has 0 radical (unpaired) electrons. The highest BCUT2D eigenvalue weighted by atomic mass is 16.5. The Hall–Kier alpha value is -3.09. The topological polar surface area (TPSA) is 84.1 Å². The van der Waals surface area contributed by atoms with Crippen LogP contribution in [0.5, 0.6) is 5.75 Å². The van der Waals surface area contributed by atoms with Crippen molar-refractivity contribution in [3.8, 4) is 5.75 Å². The first kappa shape index (κ1) is 20.6. The van der Waals surface area contributed by atoms with Crippen molar-refractivity contribution in [3.05, 3.63) is 53.0 Å². The summed E-state index contributed by atoms with van der Waals surface area (Å²) in [5.41, 5.74) is 4.53. The molecule has 0 bridgehead atoms. The Balaban J connectivity index is 1.53. The highest BCUT2D eigenvalue weighted by molar-refractivity contribution is 6.01. The summed E-state index contributed by atoms with van der Waals surface area (Å²) in [6, 6.07) is 8.97. The van der Waals surface area contributed by atoms with E-state index in [-0.39, 0.29) is 18.4 Å². The van der Waals surface area contributed by atoms with E-state index < -0.39 is 0 Å². The SMILES string of the molecule is C/C(=N/NC(=O)c1cc(C)oc1C)c1ccc(OCC(=O)N2CCCCC2)cc1. The number of aryl methyl sites for hydroxylation is 2. The average molecular weight is 397 g/mol. The van der Waals surface area contributed by atoms with Gasteiger partial charge in [0.2, 0.25) is 0 Å². The van der Waals surface area contributed by atoms with Gasteiger partial charge in [0.1, 0.15) is 17.3 Å². The van der Waals surface area contributed by atoms with Gasteiger partial charge in [0, 0.05) is 13.1 Å². The zero-order valence-corrected chi connectivity index (χ0v) is 17.2. The number of amides is 2. The molecule has 2 aromatic rings. The number of hydrogen-bond donors (Lipinski definition) is 1. The molecule has 0 atom stereocenters. The van der Waals surface area contributed by atoms with Gasteiger partial charge in [-0.1, -0.05) is 0 Å². The molecule has 3 rings (SSSR count). The number of carbonyl (C=O) groups is 2. The smallest absolute Gasteiger partial charge is 0.274 e. The van der Waals surface area contributed by atoms with Crippen LogP contribution >= 0.6 is 0 Å². The summed E-state index contributed by atoms with van der Waals surface area (Å²) < 4.78 is 11.0. The molecule has 1 aromatic carbocycles. The first-order valence-electron chi connectivity index (χ1n) is 9.86. The molecule has 1 aromatic heterocycles. The highest BCUT2D eigenvalue weighted by Gasteiger charge is 2.17. The van der Waals surface area contributed by atoms with Crippen molar-refractivity contribution >= 4 is 17.5 Å². The predicted molar refractivity (Wildman–Crippen MR) is 110 cm³/mol. The van der Waals surface area contributed by atoms with Gasteiger partial charge in [-0.15, -0.1) is 0 Å². The lowest BCUT2D eigenvalue weighted by molar-refractivity contribution is -0.134. The van der Waals surface area contributed by atoms with Gasteiger partial charge in [-0.25, -0.2) is 5.43 Å². The first-order chi connectivity index (χ1) is 13.9. The van der Waals surface area contributed by atoms with Crippen molar-refractivity contribution < 1.29 is 18.7 Å². The zero-order chi connectivity index (χ0) is 20.8. The third-order valence-electron chi connectivity index (χ3n) is 4.95. The van der Waals surface area contributed by atoms with E-state index in [1.165, 1.54) is 6.42 Å². The van der Waals surface area contributed by atoms with E-state index in [1.807, 2.05) is 24.0 Å². The fourth-order valence-electron chi connectivity index (χ4n) is 3.29. The molecule has 154 valence electrons. The Morgan fingerprint density at radius 3 is 2.45 bits per heavy atom. The first-order valence-corrected chi connectivity index (χ1v) is 9.86. The summed E-state index contributed by atoms with van der Waals surface area (Å²) in [6.07, 6.45) is 3.32. The number of benzene rings is 1. The van der Waals surface area contributed by atoms with E-state index in [9.17, 15) is 9.59 Å². The lowest BCUT2D eigenvalue weighted by Crippen LogP contribution is -2.38. The fraction of sp³-hybridized carbons (Fsp3) is 0.409. The second-order valence-corrected chi connectivity index (χ2v) is 7.22. The van der Waals surface area contributed by atoms with E-state index in [0.717, 1.165) is 31.5 Å². The van der Waals surface area contributed by atoms with Gasteiger partial charge in [-0.2, -0.15) is 5.10 Å². The number of rotatable bonds is 6. The summed E-state index contributed by atoms with van der Waals surface area (Å²) in [5.74, 6) is 1.59.